The van der Waals surface area contributed by atoms with Gasteiger partial charge in [-0.15, -0.1) is 0 Å². The fourth-order valence-corrected chi connectivity index (χ4v) is 2.64. The number of amides is 1. The second-order valence-electron chi connectivity index (χ2n) is 5.48. The number of nitrogens with two attached hydrogens (primary N) is 1. The standard InChI is InChI=1S/C15H20F2N2O2/c1-10-2-5-12(14(18)20)9-19(10)8-11-3-6-13(7-4-11)21-15(16)17/h3-4,6-7,10,12,15H,2,5,8-9H2,1H3,(H2,18,20)/t10-,12-/m1/s1. The minimum absolute atomic E-state index is 0.109. The third-order valence-corrected chi connectivity index (χ3v) is 3.95. The molecule has 116 valence electrons. The Morgan fingerprint density at radius 3 is 2.62 bits per heavy atom. The largest absolute Gasteiger partial charge is 0.435 e. The van der Waals surface area contributed by atoms with E-state index in [4.69, 9.17) is 5.73 Å². The Kier molecular flexibility index (Phi) is 5.12. The molecule has 6 heteroatoms. The van der Waals surface area contributed by atoms with Crippen molar-refractivity contribution in [3.8, 4) is 5.75 Å². The van der Waals surface area contributed by atoms with E-state index in [0.717, 1.165) is 18.4 Å². The number of hydrogen-bond acceptors (Lipinski definition) is 3. The van der Waals surface area contributed by atoms with Gasteiger partial charge < -0.3 is 10.5 Å². The van der Waals surface area contributed by atoms with E-state index in [9.17, 15) is 13.6 Å². The molecule has 0 saturated carbocycles. The van der Waals surface area contributed by atoms with Crippen LogP contribution < -0.4 is 10.5 Å². The lowest BCUT2D eigenvalue weighted by molar-refractivity contribution is -0.124. The molecule has 4 nitrogen and oxygen atoms in total. The van der Waals surface area contributed by atoms with Crippen LogP contribution in [-0.4, -0.2) is 30.0 Å². The maximum Gasteiger partial charge on any atom is 0.387 e. The van der Waals surface area contributed by atoms with Crippen LogP contribution in [0.4, 0.5) is 8.78 Å². The van der Waals surface area contributed by atoms with E-state index in [2.05, 4.69) is 16.6 Å². The highest BCUT2D eigenvalue weighted by molar-refractivity contribution is 5.76. The number of carbonyl (C=O) groups is 1. The van der Waals surface area contributed by atoms with E-state index < -0.39 is 6.61 Å². The van der Waals surface area contributed by atoms with Gasteiger partial charge in [-0.05, 0) is 37.5 Å². The molecule has 1 saturated heterocycles. The van der Waals surface area contributed by atoms with Crippen LogP contribution in [0.2, 0.25) is 0 Å². The minimum Gasteiger partial charge on any atom is -0.435 e. The summed E-state index contributed by atoms with van der Waals surface area (Å²) in [6.07, 6.45) is 1.76. The summed E-state index contributed by atoms with van der Waals surface area (Å²) in [4.78, 5) is 13.5. The van der Waals surface area contributed by atoms with Crippen LogP contribution in [0.15, 0.2) is 24.3 Å². The van der Waals surface area contributed by atoms with E-state index in [1.165, 1.54) is 12.1 Å². The topological polar surface area (TPSA) is 55.6 Å². The zero-order chi connectivity index (χ0) is 15.4. The Balaban J connectivity index is 1.97. The molecule has 2 rings (SSSR count). The van der Waals surface area contributed by atoms with Crippen molar-refractivity contribution in [2.45, 2.75) is 39.0 Å². The summed E-state index contributed by atoms with van der Waals surface area (Å²) in [6, 6.07) is 6.96. The van der Waals surface area contributed by atoms with Gasteiger partial charge in [0.2, 0.25) is 5.91 Å². The molecule has 2 N–H and O–H groups in total. The Morgan fingerprint density at radius 1 is 1.38 bits per heavy atom. The molecule has 0 aromatic heterocycles. The zero-order valence-electron chi connectivity index (χ0n) is 12.0. The van der Waals surface area contributed by atoms with E-state index in [-0.39, 0.29) is 17.6 Å². The van der Waals surface area contributed by atoms with Gasteiger partial charge in [-0.3, -0.25) is 9.69 Å². The van der Waals surface area contributed by atoms with Gasteiger partial charge in [0.05, 0.1) is 5.92 Å². The third kappa shape index (κ3) is 4.39. The van der Waals surface area contributed by atoms with Crippen molar-refractivity contribution in [1.29, 1.82) is 0 Å². The van der Waals surface area contributed by atoms with E-state index in [1.54, 1.807) is 12.1 Å². The van der Waals surface area contributed by atoms with Crippen LogP contribution in [0.5, 0.6) is 5.75 Å². The predicted octanol–water partition coefficient (Wildman–Crippen LogP) is 2.37. The molecular weight excluding hydrogens is 278 g/mol. The molecule has 1 fully saturated rings. The molecule has 0 radical (unpaired) electrons. The van der Waals surface area contributed by atoms with Crippen molar-refractivity contribution in [3.05, 3.63) is 29.8 Å². The number of nitrogens with zero attached hydrogens (tertiary/aromatic N) is 1. The Labute approximate surface area is 122 Å². The lowest BCUT2D eigenvalue weighted by atomic mass is 9.92. The zero-order valence-corrected chi connectivity index (χ0v) is 12.0. The van der Waals surface area contributed by atoms with Gasteiger partial charge in [-0.2, -0.15) is 8.78 Å². The molecule has 0 aliphatic carbocycles. The van der Waals surface area contributed by atoms with E-state index >= 15 is 0 Å². The first-order valence-corrected chi connectivity index (χ1v) is 7.03. The highest BCUT2D eigenvalue weighted by atomic mass is 19.3. The normalized spacial score (nSPS) is 23.2. The quantitative estimate of drug-likeness (QED) is 0.908. The van der Waals surface area contributed by atoms with Crippen LogP contribution in [0.3, 0.4) is 0 Å². The van der Waals surface area contributed by atoms with Gasteiger partial charge >= 0.3 is 6.61 Å². The maximum absolute atomic E-state index is 12.1. The number of rotatable bonds is 5. The predicted molar refractivity (Wildman–Crippen MR) is 74.9 cm³/mol. The molecule has 1 aliphatic rings. The average Bonchev–Trinajstić information content (AvgIpc) is 2.42. The van der Waals surface area contributed by atoms with Crippen LogP contribution >= 0.6 is 0 Å². The van der Waals surface area contributed by atoms with Gasteiger partial charge in [0.15, 0.2) is 0 Å². The van der Waals surface area contributed by atoms with Crippen molar-refractivity contribution < 1.29 is 18.3 Å². The summed E-state index contributed by atoms with van der Waals surface area (Å²) < 4.78 is 28.5. The number of piperidine rings is 1. The fourth-order valence-electron chi connectivity index (χ4n) is 2.64. The molecule has 0 unspecified atom stereocenters. The van der Waals surface area contributed by atoms with Crippen LogP contribution in [0, 0.1) is 5.92 Å². The van der Waals surface area contributed by atoms with E-state index in [1.807, 2.05) is 0 Å². The Hall–Kier alpha value is -1.69. The number of halogens is 2. The number of alkyl halides is 2. The number of benzene rings is 1. The van der Waals surface area contributed by atoms with Gasteiger partial charge in [-0.1, -0.05) is 12.1 Å². The summed E-state index contributed by atoms with van der Waals surface area (Å²) in [6.45, 7) is 0.617. The molecule has 1 aromatic rings. The number of primary amides is 1. The van der Waals surface area contributed by atoms with Crippen molar-refractivity contribution >= 4 is 5.91 Å². The van der Waals surface area contributed by atoms with Crippen molar-refractivity contribution in [2.24, 2.45) is 11.7 Å². The summed E-state index contributed by atoms with van der Waals surface area (Å²) in [5, 5.41) is 0. The van der Waals surface area contributed by atoms with Crippen LogP contribution in [0.1, 0.15) is 25.3 Å². The van der Waals surface area contributed by atoms with Crippen LogP contribution in [0.25, 0.3) is 0 Å². The molecule has 0 spiro atoms. The average molecular weight is 298 g/mol. The monoisotopic (exact) mass is 298 g/mol. The SMILES string of the molecule is C[C@@H]1CC[C@@H](C(N)=O)CN1Cc1ccc(OC(F)F)cc1. The van der Waals surface area contributed by atoms with E-state index in [0.29, 0.717) is 19.1 Å². The first-order chi connectivity index (χ1) is 9.95. The lowest BCUT2D eigenvalue weighted by Crippen LogP contribution is -2.45. The third-order valence-electron chi connectivity index (χ3n) is 3.95. The first-order valence-electron chi connectivity index (χ1n) is 7.03. The number of hydrogen-bond donors (Lipinski definition) is 1. The molecule has 2 atom stereocenters. The Morgan fingerprint density at radius 2 is 2.05 bits per heavy atom. The summed E-state index contributed by atoms with van der Waals surface area (Å²) >= 11 is 0. The smallest absolute Gasteiger partial charge is 0.387 e. The molecule has 1 aliphatic heterocycles. The molecule has 1 amide bonds. The van der Waals surface area contributed by atoms with Gasteiger partial charge in [0.25, 0.3) is 0 Å². The summed E-state index contributed by atoms with van der Waals surface area (Å²) in [5.41, 5.74) is 6.38. The highest BCUT2D eigenvalue weighted by Crippen LogP contribution is 2.24. The molecule has 21 heavy (non-hydrogen) atoms. The highest BCUT2D eigenvalue weighted by Gasteiger charge is 2.28. The second kappa shape index (κ2) is 6.85. The first kappa shape index (κ1) is 15.7. The van der Waals surface area contributed by atoms with Gasteiger partial charge in [-0.25, -0.2) is 0 Å². The number of ether oxygens (including phenoxy) is 1. The van der Waals surface area contributed by atoms with Gasteiger partial charge in [0.1, 0.15) is 5.75 Å². The minimum atomic E-state index is -2.81. The van der Waals surface area contributed by atoms with Crippen LogP contribution in [-0.2, 0) is 11.3 Å². The molecule has 1 heterocycles. The fraction of sp³-hybridized carbons (Fsp3) is 0.533. The maximum atomic E-state index is 12.1. The van der Waals surface area contributed by atoms with Gasteiger partial charge in [0, 0.05) is 19.1 Å². The number of likely N-dealkylation sites (tertiary alicyclic amines) is 1. The van der Waals surface area contributed by atoms with Crippen molar-refractivity contribution in [2.75, 3.05) is 6.54 Å². The Bertz CT molecular complexity index is 479. The summed E-state index contributed by atoms with van der Waals surface area (Å²) in [7, 11) is 0. The van der Waals surface area contributed by atoms with Crippen molar-refractivity contribution in [3.63, 3.8) is 0 Å². The lowest BCUT2D eigenvalue weighted by Gasteiger charge is -2.36. The number of carbonyl (C=O) groups excluding carboxylic acids is 1. The summed E-state index contributed by atoms with van der Waals surface area (Å²) in [5.74, 6) is -0.217. The molecule has 1 aromatic carbocycles. The second-order valence-corrected chi connectivity index (χ2v) is 5.48. The van der Waals surface area contributed by atoms with Crippen molar-refractivity contribution in [1.82, 2.24) is 4.90 Å². The molecular formula is C15H20F2N2O2. The molecule has 0 bridgehead atoms.